The van der Waals surface area contributed by atoms with Crippen molar-refractivity contribution in [2.75, 3.05) is 0 Å². The van der Waals surface area contributed by atoms with Gasteiger partial charge in [-0.25, -0.2) is 0 Å². The molecule has 0 saturated heterocycles. The number of aromatic nitrogens is 4. The van der Waals surface area contributed by atoms with Gasteiger partial charge >= 0.3 is 0 Å². The molecule has 0 N–H and O–H groups in total. The van der Waals surface area contributed by atoms with Gasteiger partial charge in [-0.05, 0) is 95.4 Å². The van der Waals surface area contributed by atoms with E-state index in [0.29, 0.717) is 5.92 Å². The van der Waals surface area contributed by atoms with Gasteiger partial charge < -0.3 is 14.0 Å². The maximum absolute atomic E-state index is 6.51. The maximum atomic E-state index is 6.51. The predicted octanol–water partition coefficient (Wildman–Crippen LogP) is 14.6. The number of para-hydroxylation sites is 1. The minimum Gasteiger partial charge on any atom is -0.501 e. The van der Waals surface area contributed by atoms with E-state index in [1.165, 1.54) is 38.7 Å². The third-order valence-corrected chi connectivity index (χ3v) is 13.7. The van der Waals surface area contributed by atoms with Crippen LogP contribution in [0.2, 0.25) is 19.6 Å². The van der Waals surface area contributed by atoms with E-state index < -0.39 is 8.07 Å². The van der Waals surface area contributed by atoms with Gasteiger partial charge in [-0.15, -0.1) is 54.1 Å². The standard InChI is InChI=1S/C38H34N3O.C18H24NSi.Ir/c1-22(2)31-20-27(26-13-8-7-9-14-26)21-32(23(3)4)36(31)41-33-19-24(5)39-25(6)35(33)40-38(41)30-17-12-16-29-28-15-10-11-18-34(28)42-37(29)30;1-14(2)11-16-12-17(15-9-7-6-8-10-15)19-13-18(16)20(3,4)5;/h7-16,18-23H,1-6H3;6-9,12-14H,11H2,1-5H3;/q2*-1;. The fraction of sp³-hybridized carbons (Fsp3) is 0.268. The first-order valence-corrected chi connectivity index (χ1v) is 25.6. The van der Waals surface area contributed by atoms with Crippen molar-refractivity contribution < 1.29 is 24.5 Å². The molecule has 1 radical (unpaired) electrons. The molecule has 0 amide bonds. The summed E-state index contributed by atoms with van der Waals surface area (Å²) in [6.45, 7) is 25.0. The molecular formula is C56H58IrN4OSi-2. The summed E-state index contributed by atoms with van der Waals surface area (Å²) in [6, 6.07) is 47.0. The average Bonchev–Trinajstić information content (AvgIpc) is 3.82. The first-order chi connectivity index (χ1) is 29.7. The van der Waals surface area contributed by atoms with Crippen LogP contribution in [0.15, 0.2) is 126 Å². The Bertz CT molecular complexity index is 3000. The molecule has 0 unspecified atom stereocenters. The molecule has 0 saturated carbocycles. The van der Waals surface area contributed by atoms with Crippen LogP contribution in [0.4, 0.5) is 0 Å². The number of furan rings is 1. The second-order valence-corrected chi connectivity index (χ2v) is 23.7. The van der Waals surface area contributed by atoms with Crippen LogP contribution in [0.25, 0.3) is 72.4 Å². The zero-order chi connectivity index (χ0) is 43.9. The molecule has 0 atom stereocenters. The Labute approximate surface area is 388 Å². The van der Waals surface area contributed by atoms with Crippen molar-refractivity contribution in [1.29, 1.82) is 0 Å². The summed E-state index contributed by atoms with van der Waals surface area (Å²) in [4.78, 5) is 14.8. The summed E-state index contributed by atoms with van der Waals surface area (Å²) in [5.41, 5.74) is 16.2. The average molecular weight is 1020 g/mol. The zero-order valence-electron chi connectivity index (χ0n) is 38.5. The first-order valence-electron chi connectivity index (χ1n) is 22.1. The van der Waals surface area contributed by atoms with Crippen molar-refractivity contribution in [3.05, 3.63) is 162 Å². The van der Waals surface area contributed by atoms with Crippen LogP contribution < -0.4 is 5.19 Å². The molecule has 0 bridgehead atoms. The summed E-state index contributed by atoms with van der Waals surface area (Å²) in [5.74, 6) is 2.05. The normalized spacial score (nSPS) is 11.8. The van der Waals surface area contributed by atoms with Crippen LogP contribution in [0, 0.1) is 31.9 Å². The molecule has 9 rings (SSSR count). The monoisotopic (exact) mass is 1020 g/mol. The van der Waals surface area contributed by atoms with Crippen molar-refractivity contribution >= 4 is 46.2 Å². The summed E-state index contributed by atoms with van der Waals surface area (Å²) < 4.78 is 8.87. The minimum absolute atomic E-state index is 0. The smallest absolute Gasteiger partial charge is 0.120 e. The molecule has 7 heteroatoms. The van der Waals surface area contributed by atoms with Crippen LogP contribution in [0.3, 0.4) is 0 Å². The molecule has 0 spiro atoms. The van der Waals surface area contributed by atoms with E-state index in [9.17, 15) is 0 Å². The van der Waals surface area contributed by atoms with Crippen LogP contribution in [0.1, 0.15) is 81.5 Å². The number of pyridine rings is 2. The summed E-state index contributed by atoms with van der Waals surface area (Å²) in [7, 11) is -1.34. The van der Waals surface area contributed by atoms with E-state index in [4.69, 9.17) is 14.4 Å². The number of benzene rings is 5. The summed E-state index contributed by atoms with van der Waals surface area (Å²) >= 11 is 0. The molecule has 323 valence electrons. The molecule has 63 heavy (non-hydrogen) atoms. The topological polar surface area (TPSA) is 56.7 Å². The Morgan fingerprint density at radius 2 is 1.38 bits per heavy atom. The maximum Gasteiger partial charge on any atom is 0.120 e. The number of hydrogen-bond donors (Lipinski definition) is 0. The quantitative estimate of drug-likeness (QED) is 0.107. The summed E-state index contributed by atoms with van der Waals surface area (Å²) in [5, 5.41) is 3.65. The Balaban J connectivity index is 0.000000239. The molecule has 5 nitrogen and oxygen atoms in total. The van der Waals surface area contributed by atoms with Gasteiger partial charge in [0.2, 0.25) is 0 Å². The van der Waals surface area contributed by atoms with Gasteiger partial charge in [0.25, 0.3) is 0 Å². The molecule has 0 aliphatic rings. The van der Waals surface area contributed by atoms with Crippen LogP contribution in [-0.4, -0.2) is 27.6 Å². The SMILES string of the molecule is CC(C)Cc1cc(-c2[c-]cccc2)ncc1[Si](C)(C)C.Cc1cc2c(nc(-c3[c-]ccc4c3oc3ccccc34)n2-c2c(C(C)C)cc(-c3ccccc3)cc2C(C)C)c(C)n1.[Ir]. The molecule has 4 heterocycles. The molecule has 4 aromatic heterocycles. The Hall–Kier alpha value is -5.46. The van der Waals surface area contributed by atoms with Crippen molar-refractivity contribution in [2.24, 2.45) is 5.92 Å². The largest absolute Gasteiger partial charge is 0.501 e. The molecule has 9 aromatic rings. The zero-order valence-corrected chi connectivity index (χ0v) is 41.9. The van der Waals surface area contributed by atoms with Gasteiger partial charge in [-0.2, -0.15) is 0 Å². The van der Waals surface area contributed by atoms with Gasteiger partial charge in [0.1, 0.15) is 5.58 Å². The molecule has 0 aliphatic heterocycles. The van der Waals surface area contributed by atoms with E-state index in [2.05, 4.69) is 175 Å². The van der Waals surface area contributed by atoms with E-state index in [-0.39, 0.29) is 31.9 Å². The van der Waals surface area contributed by atoms with Gasteiger partial charge in [-0.3, -0.25) is 9.97 Å². The van der Waals surface area contributed by atoms with Gasteiger partial charge in [-0.1, -0.05) is 132 Å². The molecule has 0 aliphatic carbocycles. The number of aryl methyl sites for hydroxylation is 2. The van der Waals surface area contributed by atoms with Crippen molar-refractivity contribution in [1.82, 2.24) is 19.5 Å². The second-order valence-electron chi connectivity index (χ2n) is 18.7. The first kappa shape index (κ1) is 45.6. The van der Waals surface area contributed by atoms with E-state index in [1.54, 1.807) is 0 Å². The number of fused-ring (bicyclic) bond motifs is 4. The summed E-state index contributed by atoms with van der Waals surface area (Å²) in [6.07, 6.45) is 3.24. The van der Waals surface area contributed by atoms with Gasteiger partial charge in [0.15, 0.2) is 0 Å². The fourth-order valence-electron chi connectivity index (χ4n) is 8.73. The van der Waals surface area contributed by atoms with Gasteiger partial charge in [0, 0.05) is 43.1 Å². The van der Waals surface area contributed by atoms with Gasteiger partial charge in [0.05, 0.1) is 36.2 Å². The number of rotatable bonds is 9. The molecule has 0 fully saturated rings. The van der Waals surface area contributed by atoms with E-state index in [0.717, 1.165) is 73.4 Å². The second kappa shape index (κ2) is 18.7. The Morgan fingerprint density at radius 1 is 0.698 bits per heavy atom. The molecular weight excluding hydrogens is 965 g/mol. The minimum atomic E-state index is -1.34. The number of nitrogens with zero attached hydrogens (tertiary/aromatic N) is 4. The van der Waals surface area contributed by atoms with Crippen molar-refractivity contribution in [3.8, 4) is 39.5 Å². The van der Waals surface area contributed by atoms with Crippen molar-refractivity contribution in [3.63, 3.8) is 0 Å². The third-order valence-electron chi connectivity index (χ3n) is 11.7. The number of imidazole rings is 1. The van der Waals surface area contributed by atoms with Crippen LogP contribution >= 0.6 is 0 Å². The predicted molar refractivity (Wildman–Crippen MR) is 264 cm³/mol. The van der Waals surface area contributed by atoms with Crippen molar-refractivity contribution in [2.45, 2.75) is 93.3 Å². The Morgan fingerprint density at radius 3 is 2.03 bits per heavy atom. The van der Waals surface area contributed by atoms with E-state index >= 15 is 0 Å². The fourth-order valence-corrected chi connectivity index (χ4v) is 10.3. The van der Waals surface area contributed by atoms with Crippen LogP contribution in [0.5, 0.6) is 0 Å². The van der Waals surface area contributed by atoms with E-state index in [1.807, 2.05) is 43.3 Å². The molecule has 5 aromatic carbocycles. The number of hydrogen-bond acceptors (Lipinski definition) is 4. The van der Waals surface area contributed by atoms with Crippen LogP contribution in [-0.2, 0) is 26.5 Å². The Kier molecular flexibility index (Phi) is 13.5. The third kappa shape index (κ3) is 9.29.